The van der Waals surface area contributed by atoms with Crippen LogP contribution in [-0.2, 0) is 14.6 Å². The topological polar surface area (TPSA) is 66.5 Å². The molecule has 0 aromatic heterocycles. The van der Waals surface area contributed by atoms with Crippen molar-refractivity contribution in [2.24, 2.45) is 0 Å². The number of unbranched alkanes of at least 4 members (excludes halogenated alkanes) is 1. The molecular weight excluding hydrogens is 276 g/mol. The predicted molar refractivity (Wildman–Crippen MR) is 79.0 cm³/mol. The summed E-state index contributed by atoms with van der Waals surface area (Å²) in [5.41, 5.74) is 0. The molecule has 2 rings (SSSR count). The van der Waals surface area contributed by atoms with Gasteiger partial charge in [0, 0.05) is 6.04 Å². The summed E-state index contributed by atoms with van der Waals surface area (Å²) in [5, 5.41) is 3.38. The lowest BCUT2D eigenvalue weighted by atomic mass is 10.1. The van der Waals surface area contributed by atoms with Gasteiger partial charge in [0.15, 0.2) is 9.84 Å². The first-order valence-electron chi connectivity index (χ1n) is 7.77. The number of carbonyl (C=O) groups is 1. The molecule has 1 N–H and O–H groups in total. The van der Waals surface area contributed by atoms with E-state index in [1.807, 2.05) is 11.8 Å². The molecule has 20 heavy (non-hydrogen) atoms. The fourth-order valence-electron chi connectivity index (χ4n) is 3.30. The van der Waals surface area contributed by atoms with Crippen molar-refractivity contribution in [2.75, 3.05) is 11.5 Å². The second kappa shape index (κ2) is 6.43. The first-order valence-corrected chi connectivity index (χ1v) is 9.59. The van der Waals surface area contributed by atoms with Gasteiger partial charge in [-0.3, -0.25) is 10.1 Å². The molecule has 2 aliphatic rings. The Bertz CT molecular complexity index is 449. The second-order valence-electron chi connectivity index (χ2n) is 5.94. The average molecular weight is 302 g/mol. The van der Waals surface area contributed by atoms with E-state index < -0.39 is 9.84 Å². The van der Waals surface area contributed by atoms with Gasteiger partial charge < -0.3 is 4.90 Å². The van der Waals surface area contributed by atoms with Crippen LogP contribution in [0.4, 0.5) is 0 Å². The number of nitrogens with one attached hydrogen (secondary N) is 1. The van der Waals surface area contributed by atoms with Crippen molar-refractivity contribution in [3.63, 3.8) is 0 Å². The van der Waals surface area contributed by atoms with Crippen molar-refractivity contribution in [3.8, 4) is 0 Å². The molecule has 3 unspecified atom stereocenters. The largest absolute Gasteiger partial charge is 0.322 e. The highest BCUT2D eigenvalue weighted by Gasteiger charge is 2.43. The molecule has 5 nitrogen and oxygen atoms in total. The number of hydrogen-bond donors (Lipinski definition) is 1. The SMILES string of the molecule is CCCCC1NC(CC)N(C2CCCS(=O)(=O)C2)C1=O. The van der Waals surface area contributed by atoms with Crippen LogP contribution in [0.5, 0.6) is 0 Å². The van der Waals surface area contributed by atoms with Crippen LogP contribution in [0.3, 0.4) is 0 Å². The summed E-state index contributed by atoms with van der Waals surface area (Å²) in [6.45, 7) is 4.15. The Hall–Kier alpha value is -0.620. The van der Waals surface area contributed by atoms with Crippen molar-refractivity contribution in [2.45, 2.75) is 70.6 Å². The Kier molecular flexibility index (Phi) is 5.07. The van der Waals surface area contributed by atoms with Gasteiger partial charge in [0.2, 0.25) is 5.91 Å². The lowest BCUT2D eigenvalue weighted by Gasteiger charge is -2.34. The lowest BCUT2D eigenvalue weighted by Crippen LogP contribution is -2.49. The fraction of sp³-hybridized carbons (Fsp3) is 0.929. The molecule has 0 aliphatic carbocycles. The van der Waals surface area contributed by atoms with Crippen LogP contribution < -0.4 is 5.32 Å². The first-order chi connectivity index (χ1) is 9.48. The highest BCUT2D eigenvalue weighted by molar-refractivity contribution is 7.91. The number of sulfone groups is 1. The minimum atomic E-state index is -2.98. The van der Waals surface area contributed by atoms with Gasteiger partial charge in [0.05, 0.1) is 23.7 Å². The maximum atomic E-state index is 12.6. The van der Waals surface area contributed by atoms with Crippen LogP contribution in [0.2, 0.25) is 0 Å². The van der Waals surface area contributed by atoms with Crippen LogP contribution in [-0.4, -0.2) is 49.0 Å². The minimum absolute atomic E-state index is 0.00246. The Morgan fingerprint density at radius 2 is 2.10 bits per heavy atom. The van der Waals surface area contributed by atoms with Gasteiger partial charge in [-0.1, -0.05) is 26.7 Å². The number of hydrogen-bond acceptors (Lipinski definition) is 4. The molecule has 2 heterocycles. The predicted octanol–water partition coefficient (Wildman–Crippen LogP) is 1.29. The smallest absolute Gasteiger partial charge is 0.241 e. The zero-order chi connectivity index (χ0) is 14.8. The Morgan fingerprint density at radius 3 is 2.70 bits per heavy atom. The second-order valence-corrected chi connectivity index (χ2v) is 8.17. The molecule has 0 spiro atoms. The molecule has 2 fully saturated rings. The van der Waals surface area contributed by atoms with Gasteiger partial charge in [0.1, 0.15) is 0 Å². The van der Waals surface area contributed by atoms with E-state index in [0.29, 0.717) is 6.42 Å². The molecule has 2 saturated heterocycles. The van der Waals surface area contributed by atoms with Gasteiger partial charge in [-0.2, -0.15) is 0 Å². The Labute approximate surface area is 122 Å². The van der Waals surface area contributed by atoms with E-state index in [2.05, 4.69) is 12.2 Å². The fourth-order valence-corrected chi connectivity index (χ4v) is 4.99. The Balaban J connectivity index is 2.10. The highest BCUT2D eigenvalue weighted by Crippen LogP contribution is 2.26. The number of amides is 1. The van der Waals surface area contributed by atoms with Crippen LogP contribution in [0.25, 0.3) is 0 Å². The molecule has 6 heteroatoms. The molecular formula is C14H26N2O3S. The molecule has 0 aromatic carbocycles. The first kappa shape index (κ1) is 15.8. The summed E-state index contributed by atoms with van der Waals surface area (Å²) in [5.74, 6) is 0.513. The molecule has 2 aliphatic heterocycles. The monoisotopic (exact) mass is 302 g/mol. The van der Waals surface area contributed by atoms with Crippen molar-refractivity contribution in [1.82, 2.24) is 10.2 Å². The summed E-state index contributed by atoms with van der Waals surface area (Å²) in [7, 11) is -2.98. The summed E-state index contributed by atoms with van der Waals surface area (Å²) >= 11 is 0. The van der Waals surface area contributed by atoms with Crippen molar-refractivity contribution < 1.29 is 13.2 Å². The van der Waals surface area contributed by atoms with E-state index in [1.54, 1.807) is 0 Å². The van der Waals surface area contributed by atoms with E-state index in [9.17, 15) is 13.2 Å². The van der Waals surface area contributed by atoms with Crippen molar-refractivity contribution >= 4 is 15.7 Å². The molecule has 0 aromatic rings. The van der Waals surface area contributed by atoms with E-state index in [4.69, 9.17) is 0 Å². The maximum absolute atomic E-state index is 12.6. The van der Waals surface area contributed by atoms with Crippen LogP contribution >= 0.6 is 0 Å². The zero-order valence-corrected chi connectivity index (χ0v) is 13.3. The molecule has 3 atom stereocenters. The van der Waals surface area contributed by atoms with Gasteiger partial charge in [-0.05, 0) is 25.7 Å². The van der Waals surface area contributed by atoms with E-state index >= 15 is 0 Å². The van der Waals surface area contributed by atoms with Gasteiger partial charge in [0.25, 0.3) is 0 Å². The van der Waals surface area contributed by atoms with E-state index in [-0.39, 0.29) is 35.7 Å². The standard InChI is InChI=1S/C14H26N2O3S/c1-3-5-8-12-14(17)16(13(4-2)15-12)11-7-6-9-20(18,19)10-11/h11-13,15H,3-10H2,1-2H3. The molecule has 1 amide bonds. The number of nitrogens with zero attached hydrogens (tertiary/aromatic N) is 1. The van der Waals surface area contributed by atoms with Crippen molar-refractivity contribution in [3.05, 3.63) is 0 Å². The molecule has 0 saturated carbocycles. The number of rotatable bonds is 5. The molecule has 116 valence electrons. The van der Waals surface area contributed by atoms with E-state index in [0.717, 1.165) is 32.1 Å². The summed E-state index contributed by atoms with van der Waals surface area (Å²) in [4.78, 5) is 14.4. The highest BCUT2D eigenvalue weighted by atomic mass is 32.2. The minimum Gasteiger partial charge on any atom is -0.322 e. The van der Waals surface area contributed by atoms with Gasteiger partial charge in [-0.15, -0.1) is 0 Å². The maximum Gasteiger partial charge on any atom is 0.241 e. The van der Waals surface area contributed by atoms with Crippen LogP contribution in [0.1, 0.15) is 52.4 Å². The zero-order valence-electron chi connectivity index (χ0n) is 12.5. The lowest BCUT2D eigenvalue weighted by molar-refractivity contribution is -0.132. The third-order valence-electron chi connectivity index (χ3n) is 4.35. The van der Waals surface area contributed by atoms with Gasteiger partial charge >= 0.3 is 0 Å². The summed E-state index contributed by atoms with van der Waals surface area (Å²) in [6, 6.07) is -0.255. The third-order valence-corrected chi connectivity index (χ3v) is 6.15. The normalized spacial score (nSPS) is 33.6. The van der Waals surface area contributed by atoms with Crippen molar-refractivity contribution in [1.29, 1.82) is 0 Å². The number of carbonyl (C=O) groups excluding carboxylic acids is 1. The summed E-state index contributed by atoms with van der Waals surface area (Å²) < 4.78 is 23.6. The van der Waals surface area contributed by atoms with Crippen LogP contribution in [0.15, 0.2) is 0 Å². The molecule has 0 bridgehead atoms. The molecule has 0 radical (unpaired) electrons. The van der Waals surface area contributed by atoms with E-state index in [1.165, 1.54) is 0 Å². The Morgan fingerprint density at radius 1 is 1.35 bits per heavy atom. The third kappa shape index (κ3) is 3.34. The van der Waals surface area contributed by atoms with Gasteiger partial charge in [-0.25, -0.2) is 8.42 Å². The quantitative estimate of drug-likeness (QED) is 0.831. The summed E-state index contributed by atoms with van der Waals surface area (Å²) in [6.07, 6.45) is 5.25. The average Bonchev–Trinajstić information content (AvgIpc) is 2.71. The van der Waals surface area contributed by atoms with Crippen LogP contribution in [0, 0.1) is 0 Å².